The van der Waals surface area contributed by atoms with Crippen LogP contribution in [-0.4, -0.2) is 23.0 Å². The molecule has 2 heterocycles. The highest BCUT2D eigenvalue weighted by Gasteiger charge is 2.15. The number of thiophene rings is 1. The molecule has 0 saturated heterocycles. The van der Waals surface area contributed by atoms with E-state index in [0.717, 1.165) is 21.4 Å². The van der Waals surface area contributed by atoms with E-state index in [0.29, 0.717) is 0 Å². The quantitative estimate of drug-likeness (QED) is 0.438. The number of phenols is 1. The van der Waals surface area contributed by atoms with Crippen molar-refractivity contribution in [1.82, 2.24) is 4.98 Å². The molecule has 0 unspecified atom stereocenters. The molecule has 3 N–H and O–H groups in total. The number of rotatable bonds is 4. The Kier molecular flexibility index (Phi) is 5.50. The molecule has 0 aliphatic carbocycles. The van der Waals surface area contributed by atoms with Crippen LogP contribution < -0.4 is 10.6 Å². The Bertz CT molecular complexity index is 1090. The van der Waals surface area contributed by atoms with Gasteiger partial charge in [-0.3, -0.25) is 4.79 Å². The monoisotopic (exact) mass is 461 g/mol. The number of aromatic nitrogens is 1. The number of thiazole rings is 1. The number of fused-ring (bicyclic) bond motifs is 1. The summed E-state index contributed by atoms with van der Waals surface area (Å²) in [5.41, 5.74) is 6.87. The zero-order valence-corrected chi connectivity index (χ0v) is 17.6. The van der Waals surface area contributed by atoms with Gasteiger partial charge in [-0.2, -0.15) is 0 Å². The number of hydrogen-bond donors (Lipinski definition) is 2. The van der Waals surface area contributed by atoms with Crippen LogP contribution in [0.15, 0.2) is 53.9 Å². The molecule has 2 aromatic heterocycles. The highest BCUT2D eigenvalue weighted by molar-refractivity contribution is 8.93. The van der Waals surface area contributed by atoms with Gasteiger partial charge in [-0.05, 0) is 35.7 Å². The first kappa shape index (κ1) is 19.3. The number of carbonyl (C=O) groups is 1. The van der Waals surface area contributed by atoms with Crippen LogP contribution in [0.3, 0.4) is 0 Å². The average Bonchev–Trinajstić information content (AvgIpc) is 3.28. The average molecular weight is 462 g/mol. The number of halogens is 1. The standard InChI is InChI=1S/C19H15N3O2S2.BrH/c1-22(17-9-12-4-2-3-5-16(12)26-17)19-21-14(10-25-19)11-6-7-15(23)13(8-11)18(20)24;/h2-10,23H,1H3,(H2,20,24);1H. The number of amides is 1. The van der Waals surface area contributed by atoms with Crippen molar-refractivity contribution in [2.75, 3.05) is 11.9 Å². The van der Waals surface area contributed by atoms with Gasteiger partial charge < -0.3 is 15.7 Å². The molecular formula is C19H16BrN3O2S2. The first-order chi connectivity index (χ1) is 12.5. The molecule has 4 aromatic rings. The van der Waals surface area contributed by atoms with Crippen molar-refractivity contribution in [3.63, 3.8) is 0 Å². The summed E-state index contributed by atoms with van der Waals surface area (Å²) in [4.78, 5) is 18.2. The molecule has 0 saturated carbocycles. The van der Waals surface area contributed by atoms with Crippen molar-refractivity contribution in [3.05, 3.63) is 59.5 Å². The molecule has 0 fully saturated rings. The Hall–Kier alpha value is -2.42. The lowest BCUT2D eigenvalue weighted by atomic mass is 10.1. The topological polar surface area (TPSA) is 79.4 Å². The highest BCUT2D eigenvalue weighted by atomic mass is 79.9. The third kappa shape index (κ3) is 3.69. The van der Waals surface area contributed by atoms with Gasteiger partial charge in [-0.15, -0.1) is 39.7 Å². The van der Waals surface area contributed by atoms with Crippen molar-refractivity contribution in [1.29, 1.82) is 0 Å². The lowest BCUT2D eigenvalue weighted by molar-refractivity contribution is 0.0998. The smallest absolute Gasteiger partial charge is 0.252 e. The Morgan fingerprint density at radius 1 is 1.19 bits per heavy atom. The van der Waals surface area contributed by atoms with E-state index in [1.807, 2.05) is 29.5 Å². The van der Waals surface area contributed by atoms with Crippen molar-refractivity contribution in [3.8, 4) is 17.0 Å². The summed E-state index contributed by atoms with van der Waals surface area (Å²) in [5.74, 6) is -0.790. The highest BCUT2D eigenvalue weighted by Crippen LogP contribution is 2.38. The maximum absolute atomic E-state index is 11.4. The van der Waals surface area contributed by atoms with Crippen LogP contribution in [0.1, 0.15) is 10.4 Å². The maximum Gasteiger partial charge on any atom is 0.252 e. The molecule has 138 valence electrons. The second-order valence-electron chi connectivity index (χ2n) is 5.79. The summed E-state index contributed by atoms with van der Waals surface area (Å²) in [6.45, 7) is 0. The van der Waals surface area contributed by atoms with Crippen molar-refractivity contribution < 1.29 is 9.90 Å². The third-order valence-electron chi connectivity index (χ3n) is 4.08. The fourth-order valence-electron chi connectivity index (χ4n) is 2.67. The van der Waals surface area contributed by atoms with E-state index in [-0.39, 0.29) is 28.3 Å². The second kappa shape index (κ2) is 7.67. The minimum absolute atomic E-state index is 0. The Labute approximate surface area is 174 Å². The number of primary amides is 1. The van der Waals surface area contributed by atoms with Crippen molar-refractivity contribution >= 4 is 65.8 Å². The predicted molar refractivity (Wildman–Crippen MR) is 118 cm³/mol. The number of nitrogens with two attached hydrogens (primary N) is 1. The van der Waals surface area contributed by atoms with Gasteiger partial charge in [-0.25, -0.2) is 4.98 Å². The summed E-state index contributed by atoms with van der Waals surface area (Å²) in [6.07, 6.45) is 0. The first-order valence-corrected chi connectivity index (χ1v) is 9.53. The van der Waals surface area contributed by atoms with E-state index in [2.05, 4.69) is 23.2 Å². The molecule has 0 bridgehead atoms. The molecule has 4 rings (SSSR count). The molecule has 27 heavy (non-hydrogen) atoms. The summed E-state index contributed by atoms with van der Waals surface area (Å²) in [7, 11) is 1.99. The summed E-state index contributed by atoms with van der Waals surface area (Å²) < 4.78 is 1.23. The van der Waals surface area contributed by atoms with E-state index >= 15 is 0 Å². The lowest BCUT2D eigenvalue weighted by Crippen LogP contribution is -2.11. The Morgan fingerprint density at radius 3 is 2.70 bits per heavy atom. The minimum atomic E-state index is -0.665. The molecule has 0 atom stereocenters. The minimum Gasteiger partial charge on any atom is -0.507 e. The summed E-state index contributed by atoms with van der Waals surface area (Å²) >= 11 is 3.23. The zero-order chi connectivity index (χ0) is 18.3. The van der Waals surface area contributed by atoms with Gasteiger partial charge in [-0.1, -0.05) is 18.2 Å². The normalized spacial score (nSPS) is 10.6. The lowest BCUT2D eigenvalue weighted by Gasteiger charge is -2.12. The zero-order valence-electron chi connectivity index (χ0n) is 14.2. The van der Waals surface area contributed by atoms with Gasteiger partial charge >= 0.3 is 0 Å². The van der Waals surface area contributed by atoms with Crippen LogP contribution in [0.25, 0.3) is 21.3 Å². The SMILES string of the molecule is Br.CN(c1cc2ccccc2s1)c1nc(-c2ccc(O)c(C(N)=O)c2)cs1. The summed E-state index contributed by atoms with van der Waals surface area (Å²) in [6, 6.07) is 15.2. The van der Waals surface area contributed by atoms with Crippen LogP contribution in [0.5, 0.6) is 5.75 Å². The van der Waals surface area contributed by atoms with Gasteiger partial charge in [0.2, 0.25) is 0 Å². The van der Waals surface area contributed by atoms with Crippen LogP contribution in [0.4, 0.5) is 10.1 Å². The van der Waals surface area contributed by atoms with Crippen LogP contribution in [-0.2, 0) is 0 Å². The number of benzene rings is 2. The number of aromatic hydroxyl groups is 1. The van der Waals surface area contributed by atoms with Crippen LogP contribution in [0, 0.1) is 0 Å². The molecular weight excluding hydrogens is 446 g/mol. The Morgan fingerprint density at radius 2 is 1.96 bits per heavy atom. The fraction of sp³-hybridized carbons (Fsp3) is 0.0526. The van der Waals surface area contributed by atoms with E-state index < -0.39 is 5.91 Å². The third-order valence-corrected chi connectivity index (χ3v) is 6.19. The van der Waals surface area contributed by atoms with Crippen LogP contribution >= 0.6 is 39.7 Å². The Balaban J connectivity index is 0.00000210. The van der Waals surface area contributed by atoms with Crippen molar-refractivity contribution in [2.45, 2.75) is 0 Å². The van der Waals surface area contributed by atoms with Crippen LogP contribution in [0.2, 0.25) is 0 Å². The maximum atomic E-state index is 11.4. The van der Waals surface area contributed by atoms with E-state index in [1.165, 1.54) is 27.5 Å². The molecule has 0 aliphatic rings. The molecule has 5 nitrogen and oxygen atoms in total. The number of anilines is 2. The van der Waals surface area contributed by atoms with Crippen molar-refractivity contribution in [2.24, 2.45) is 5.73 Å². The number of hydrogen-bond acceptors (Lipinski definition) is 6. The van der Waals surface area contributed by atoms with Gasteiger partial charge in [0.1, 0.15) is 5.75 Å². The molecule has 8 heteroatoms. The van der Waals surface area contributed by atoms with Gasteiger partial charge in [0.05, 0.1) is 16.3 Å². The van der Waals surface area contributed by atoms with E-state index in [4.69, 9.17) is 5.73 Å². The molecule has 2 aromatic carbocycles. The fourth-order valence-corrected chi connectivity index (χ4v) is 4.57. The molecule has 0 aliphatic heterocycles. The number of carbonyl (C=O) groups excluding carboxylic acids is 1. The predicted octanol–water partition coefficient (Wildman–Crippen LogP) is 5.18. The van der Waals surface area contributed by atoms with Gasteiger partial charge in [0.15, 0.2) is 5.13 Å². The number of nitrogens with zero attached hydrogens (tertiary/aromatic N) is 2. The van der Waals surface area contributed by atoms with E-state index in [9.17, 15) is 9.90 Å². The van der Waals surface area contributed by atoms with E-state index in [1.54, 1.807) is 23.5 Å². The first-order valence-electron chi connectivity index (χ1n) is 7.84. The summed E-state index contributed by atoms with van der Waals surface area (Å²) in [5, 5.41) is 14.8. The van der Waals surface area contributed by atoms with Gasteiger partial charge in [0.25, 0.3) is 5.91 Å². The van der Waals surface area contributed by atoms with Gasteiger partial charge in [0, 0.05) is 22.7 Å². The molecule has 0 spiro atoms. The molecule has 1 amide bonds. The molecule has 0 radical (unpaired) electrons. The second-order valence-corrected chi connectivity index (χ2v) is 7.69. The largest absolute Gasteiger partial charge is 0.507 e.